The van der Waals surface area contributed by atoms with Crippen LogP contribution in [0.25, 0.3) is 0 Å². The summed E-state index contributed by atoms with van der Waals surface area (Å²) in [5, 5.41) is 0. The molecule has 0 saturated heterocycles. The van der Waals surface area contributed by atoms with Crippen molar-refractivity contribution in [2.24, 2.45) is 4.99 Å². The molecule has 0 unspecified atom stereocenters. The molecular formula is C6H7NO. The van der Waals surface area contributed by atoms with Gasteiger partial charge in [-0.1, -0.05) is 5.92 Å². The molecule has 0 atom stereocenters. The van der Waals surface area contributed by atoms with E-state index < -0.39 is 6.26 Å². The Morgan fingerprint density at radius 3 is 3.25 bits per heavy atom. The van der Waals surface area contributed by atoms with Crippen LogP contribution in [0.2, 0.25) is 0 Å². The molecule has 0 amide bonds. The first kappa shape index (κ1) is 5.04. The zero-order valence-corrected chi connectivity index (χ0v) is 4.48. The van der Waals surface area contributed by atoms with Crippen LogP contribution >= 0.6 is 0 Å². The Kier molecular flexibility index (Phi) is 3.72. The van der Waals surface area contributed by atoms with Gasteiger partial charge in [-0.05, 0) is 0 Å². The third kappa shape index (κ3) is 4.90. The van der Waals surface area contributed by atoms with Crippen LogP contribution in [-0.2, 0) is 4.79 Å². The van der Waals surface area contributed by atoms with Crippen molar-refractivity contribution in [1.82, 2.24) is 0 Å². The van der Waals surface area contributed by atoms with Crippen molar-refractivity contribution in [2.45, 2.75) is 12.8 Å². The fourth-order valence-electron chi connectivity index (χ4n) is 0.225. The average molecular weight is 110 g/mol. The maximum atomic E-state index is 9.96. The van der Waals surface area contributed by atoms with E-state index in [1.165, 1.54) is 0 Å². The van der Waals surface area contributed by atoms with Gasteiger partial charge in [-0.15, -0.1) is 0 Å². The van der Waals surface area contributed by atoms with Crippen LogP contribution in [0.5, 0.6) is 0 Å². The van der Waals surface area contributed by atoms with Crippen LogP contribution in [0.4, 0.5) is 0 Å². The molecule has 0 radical (unpaired) electrons. The van der Waals surface area contributed by atoms with E-state index in [9.17, 15) is 4.79 Å². The molecule has 0 aliphatic rings. The molecule has 0 rings (SSSR count). The molecule has 42 valence electrons. The Morgan fingerprint density at radius 2 is 2.75 bits per heavy atom. The molecule has 0 aromatic rings. The summed E-state index contributed by atoms with van der Waals surface area (Å²) in [6.45, 7) is 3.12. The minimum absolute atomic E-state index is 0.183. The second kappa shape index (κ2) is 5.90. The number of aliphatic imine (C=N–C) groups is 1. The number of nitrogens with zero attached hydrogens (tertiary/aromatic N) is 1. The summed E-state index contributed by atoms with van der Waals surface area (Å²) >= 11 is 0. The molecule has 0 spiro atoms. The van der Waals surface area contributed by atoms with Crippen molar-refractivity contribution in [2.75, 3.05) is 0 Å². The fourth-order valence-corrected chi connectivity index (χ4v) is 0.225. The second-order valence-corrected chi connectivity index (χ2v) is 1.09. The number of aldehydes is 1. The Hall–Kier alpha value is -1.10. The summed E-state index contributed by atoms with van der Waals surface area (Å²) in [6, 6.07) is 2.33. The lowest BCUT2D eigenvalue weighted by Gasteiger charge is -1.71. The highest BCUT2D eigenvalue weighted by atomic mass is 16.1. The van der Waals surface area contributed by atoms with Gasteiger partial charge in [-0.3, -0.25) is 0 Å². The molecular weight excluding hydrogens is 102 g/mol. The lowest BCUT2D eigenvalue weighted by Crippen LogP contribution is -1.69. The van der Waals surface area contributed by atoms with Gasteiger partial charge in [0, 0.05) is 25.6 Å². The third-order valence-corrected chi connectivity index (χ3v) is 0.510. The van der Waals surface area contributed by atoms with E-state index in [-0.39, 0.29) is 6.42 Å². The lowest BCUT2D eigenvalue weighted by atomic mass is 10.3. The highest BCUT2D eigenvalue weighted by molar-refractivity contribution is 5.49. The summed E-state index contributed by atoms with van der Waals surface area (Å²) in [4.78, 5) is 13.2. The van der Waals surface area contributed by atoms with Gasteiger partial charge in [0.1, 0.15) is 7.63 Å². The summed E-state index contributed by atoms with van der Waals surface area (Å²) in [7, 11) is 0. The number of carbonyl (C=O) groups is 1. The smallest absolute Gasteiger partial charge is 0.120 e. The molecule has 0 bridgehead atoms. The van der Waals surface area contributed by atoms with Gasteiger partial charge in [0.2, 0.25) is 0 Å². The summed E-state index contributed by atoms with van der Waals surface area (Å²) in [6.07, 6.45) is -0.00230. The van der Waals surface area contributed by atoms with Gasteiger partial charge >= 0.3 is 0 Å². The molecule has 0 N–H and O–H groups in total. The summed E-state index contributed by atoms with van der Waals surface area (Å²) < 4.78 is 6.46. The van der Waals surface area contributed by atoms with E-state index in [2.05, 4.69) is 23.7 Å². The standard InChI is InChI=1S/C6H7NO/c1-7-5-3-2-4-6-8/h6H,1-2,4H2/i6D. The van der Waals surface area contributed by atoms with Crippen molar-refractivity contribution < 1.29 is 6.17 Å². The first-order valence-electron chi connectivity index (χ1n) is 2.70. The molecule has 0 fully saturated rings. The van der Waals surface area contributed by atoms with Gasteiger partial charge in [0.05, 0.1) is 0 Å². The van der Waals surface area contributed by atoms with E-state index >= 15 is 0 Å². The second-order valence-electron chi connectivity index (χ2n) is 1.09. The third-order valence-electron chi connectivity index (χ3n) is 0.510. The van der Waals surface area contributed by atoms with Crippen LogP contribution in [0.3, 0.4) is 0 Å². The molecule has 0 heterocycles. The van der Waals surface area contributed by atoms with Crippen LogP contribution in [0, 0.1) is 12.0 Å². The fraction of sp³-hybridized carbons (Fsp3) is 0.333. The molecule has 0 aromatic carbocycles. The maximum Gasteiger partial charge on any atom is 0.120 e. The van der Waals surface area contributed by atoms with Crippen LogP contribution in [0.1, 0.15) is 14.2 Å². The highest BCUT2D eigenvalue weighted by Gasteiger charge is 1.72. The van der Waals surface area contributed by atoms with Crippen molar-refractivity contribution in [3.63, 3.8) is 0 Å². The topological polar surface area (TPSA) is 29.4 Å². The minimum Gasteiger partial charge on any atom is -0.303 e. The predicted molar refractivity (Wildman–Crippen MR) is 32.6 cm³/mol. The number of rotatable bonds is 2. The monoisotopic (exact) mass is 110 g/mol. The Labute approximate surface area is 50.0 Å². The molecule has 0 aromatic heterocycles. The number of hydrogen-bond acceptors (Lipinski definition) is 2. The quantitative estimate of drug-likeness (QED) is 0.291. The Bertz CT molecular complexity index is 166. The first-order chi connectivity index (χ1) is 4.27. The lowest BCUT2D eigenvalue weighted by molar-refractivity contribution is -0.107. The van der Waals surface area contributed by atoms with Gasteiger partial charge in [-0.25, -0.2) is 4.99 Å². The van der Waals surface area contributed by atoms with Gasteiger partial charge < -0.3 is 4.79 Å². The molecule has 2 nitrogen and oxygen atoms in total. The number of hydrogen-bond donors (Lipinski definition) is 0. The van der Waals surface area contributed by atoms with Crippen molar-refractivity contribution >= 4 is 13.0 Å². The molecule has 0 saturated carbocycles. The SMILES string of the molecule is [2H]C(=O)CCC#CN=C. The highest BCUT2D eigenvalue weighted by Crippen LogP contribution is 1.77. The van der Waals surface area contributed by atoms with E-state index in [1.807, 2.05) is 0 Å². The van der Waals surface area contributed by atoms with Gasteiger partial charge in [0.25, 0.3) is 0 Å². The largest absolute Gasteiger partial charge is 0.303 e. The molecule has 8 heavy (non-hydrogen) atoms. The van der Waals surface area contributed by atoms with Crippen LogP contribution < -0.4 is 0 Å². The van der Waals surface area contributed by atoms with Gasteiger partial charge in [0.15, 0.2) is 0 Å². The molecule has 0 aliphatic heterocycles. The zero-order chi connectivity index (χ0) is 7.11. The molecule has 0 aliphatic carbocycles. The normalized spacial score (nSPS) is 8.25. The van der Waals surface area contributed by atoms with E-state index in [0.29, 0.717) is 6.42 Å². The predicted octanol–water partition coefficient (Wildman–Crippen LogP) is 0.627. The molecule has 2 heteroatoms. The summed E-state index contributed by atoms with van der Waals surface area (Å²) in [5.41, 5.74) is 0. The van der Waals surface area contributed by atoms with Crippen molar-refractivity contribution in [1.29, 1.82) is 0 Å². The van der Waals surface area contributed by atoms with Crippen LogP contribution in [0.15, 0.2) is 4.99 Å². The van der Waals surface area contributed by atoms with E-state index in [1.54, 1.807) is 0 Å². The Morgan fingerprint density at radius 1 is 2.00 bits per heavy atom. The summed E-state index contributed by atoms with van der Waals surface area (Å²) in [5.74, 6) is 2.55. The Balaban J connectivity index is 3.29. The first-order valence-corrected chi connectivity index (χ1v) is 2.20. The van der Waals surface area contributed by atoms with Crippen molar-refractivity contribution in [3.8, 4) is 12.0 Å². The number of carbonyl (C=O) groups excluding carboxylic acids is 1. The van der Waals surface area contributed by atoms with E-state index in [0.717, 1.165) is 0 Å². The zero-order valence-electron chi connectivity index (χ0n) is 5.48. The minimum atomic E-state index is -0.589. The van der Waals surface area contributed by atoms with E-state index in [4.69, 9.17) is 1.37 Å². The average Bonchev–Trinajstić information content (AvgIpc) is 1.80. The van der Waals surface area contributed by atoms with Crippen molar-refractivity contribution in [3.05, 3.63) is 0 Å². The maximum absolute atomic E-state index is 9.96. The van der Waals surface area contributed by atoms with Gasteiger partial charge in [-0.2, -0.15) is 0 Å². The van der Waals surface area contributed by atoms with Crippen LogP contribution in [-0.4, -0.2) is 13.0 Å².